The fourth-order valence-corrected chi connectivity index (χ4v) is 17.5. The van der Waals surface area contributed by atoms with Crippen LogP contribution in [0.4, 0.5) is 0 Å². The Balaban J connectivity index is 0.000000145. The summed E-state index contributed by atoms with van der Waals surface area (Å²) in [4.78, 5) is 31.4. The molecule has 0 N–H and O–H groups in total. The Morgan fingerprint density at radius 3 is 1.22 bits per heavy atom. The van der Waals surface area contributed by atoms with Crippen LogP contribution < -0.4 is 0 Å². The zero-order valence-electron chi connectivity index (χ0n) is 61.4. The summed E-state index contributed by atoms with van der Waals surface area (Å²) in [6.45, 7) is 9.39. The van der Waals surface area contributed by atoms with Gasteiger partial charge < -0.3 is 0 Å². The molecule has 522 valence electrons. The van der Waals surface area contributed by atoms with Gasteiger partial charge in [-0.15, -0.1) is 0 Å². The molecule has 2 atom stereocenters. The van der Waals surface area contributed by atoms with Gasteiger partial charge in [-0.1, -0.05) is 367 Å². The number of rotatable bonds is 11. The van der Waals surface area contributed by atoms with Gasteiger partial charge >= 0.3 is 0 Å². The Labute approximate surface area is 639 Å². The van der Waals surface area contributed by atoms with Crippen LogP contribution in [0.25, 0.3) is 168 Å². The maximum Gasteiger partial charge on any atom is 0.238 e. The second-order valence-electron chi connectivity index (χ2n) is 30.1. The van der Waals surface area contributed by atoms with Gasteiger partial charge in [0.15, 0.2) is 23.3 Å². The third-order valence-electron chi connectivity index (χ3n) is 23.1. The van der Waals surface area contributed by atoms with Crippen molar-refractivity contribution in [1.29, 1.82) is 0 Å². The van der Waals surface area contributed by atoms with Crippen molar-refractivity contribution in [3.05, 3.63) is 386 Å². The van der Waals surface area contributed by atoms with E-state index >= 15 is 0 Å². The third-order valence-corrected chi connectivity index (χ3v) is 23.1. The van der Waals surface area contributed by atoms with Gasteiger partial charge in [-0.2, -0.15) is 19.9 Å². The first-order valence-corrected chi connectivity index (χ1v) is 37.9. The molecule has 3 aliphatic rings. The summed E-state index contributed by atoms with van der Waals surface area (Å²) in [5, 5.41) is 4.60. The molecule has 0 bridgehead atoms. The zero-order chi connectivity index (χ0) is 73.6. The molecule has 0 radical (unpaired) electrons. The van der Waals surface area contributed by atoms with Gasteiger partial charge in [-0.3, -0.25) is 9.13 Å². The lowest BCUT2D eigenvalue weighted by Crippen LogP contribution is -2.24. The van der Waals surface area contributed by atoms with Crippen molar-refractivity contribution in [3.63, 3.8) is 0 Å². The van der Waals surface area contributed by atoms with Gasteiger partial charge in [-0.05, 0) is 113 Å². The lowest BCUT2D eigenvalue weighted by atomic mass is 9.74. The molecule has 0 aliphatic heterocycles. The summed E-state index contributed by atoms with van der Waals surface area (Å²) in [6.07, 6.45) is 9.15. The van der Waals surface area contributed by atoms with Gasteiger partial charge in [0, 0.05) is 66.3 Å². The number of benzene rings is 14. The highest BCUT2D eigenvalue weighted by molar-refractivity contribution is 6.15. The average Bonchev–Trinajstić information content (AvgIpc) is 1.57. The van der Waals surface area contributed by atoms with Gasteiger partial charge in [0.2, 0.25) is 11.9 Å². The Morgan fingerprint density at radius 2 is 0.627 bits per heavy atom. The number of fused-ring (bicyclic) bond motifs is 12. The normalized spacial score (nSPS) is 14.8. The first-order chi connectivity index (χ1) is 54.1. The minimum Gasteiger partial charge on any atom is -0.277 e. The van der Waals surface area contributed by atoms with Crippen LogP contribution in [-0.4, -0.2) is 39.0 Å². The van der Waals surface area contributed by atoms with E-state index in [-0.39, 0.29) is 10.8 Å². The smallest absolute Gasteiger partial charge is 0.238 e. The molecule has 21 rings (SSSR count). The molecule has 4 heterocycles. The molecular weight excluding hydrogens is 1340 g/mol. The fourth-order valence-electron chi connectivity index (χ4n) is 17.5. The van der Waals surface area contributed by atoms with Crippen LogP contribution in [0.3, 0.4) is 0 Å². The Kier molecular flexibility index (Phi) is 15.9. The van der Waals surface area contributed by atoms with Crippen molar-refractivity contribution in [2.24, 2.45) is 5.92 Å². The molecule has 0 saturated carbocycles. The van der Waals surface area contributed by atoms with Crippen LogP contribution in [-0.2, 0) is 10.8 Å². The molecule has 18 aromatic rings. The average molecular weight is 1410 g/mol. The number of hydrogen-bond acceptors (Lipinski definition) is 6. The Bertz CT molecular complexity index is 6690. The Morgan fingerprint density at radius 1 is 0.255 bits per heavy atom. The number of aromatic nitrogens is 8. The second-order valence-corrected chi connectivity index (χ2v) is 30.1. The highest BCUT2D eigenvalue weighted by Gasteiger charge is 2.44. The first kappa shape index (κ1) is 65.7. The van der Waals surface area contributed by atoms with Gasteiger partial charge in [0.05, 0.1) is 22.1 Å². The molecule has 0 fully saturated rings. The molecule has 2 unspecified atom stereocenters. The number of nitrogens with zero attached hydrogens (tertiary/aromatic N) is 8. The molecule has 3 aliphatic carbocycles. The molecule has 8 nitrogen and oxygen atoms in total. The van der Waals surface area contributed by atoms with E-state index in [0.717, 1.165) is 88.1 Å². The third kappa shape index (κ3) is 11.2. The zero-order valence-corrected chi connectivity index (χ0v) is 61.4. The van der Waals surface area contributed by atoms with Crippen molar-refractivity contribution in [1.82, 2.24) is 39.0 Å². The minimum atomic E-state index is -0.143. The second kappa shape index (κ2) is 26.6. The summed E-state index contributed by atoms with van der Waals surface area (Å²) in [5.41, 5.74) is 27.6. The maximum absolute atomic E-state index is 5.33. The largest absolute Gasteiger partial charge is 0.277 e. The predicted octanol–water partition coefficient (Wildman–Crippen LogP) is 25.4. The molecular formula is C102H74N8. The monoisotopic (exact) mass is 1410 g/mol. The highest BCUT2D eigenvalue weighted by Crippen LogP contribution is 2.54. The lowest BCUT2D eigenvalue weighted by molar-refractivity contribution is 0.394. The van der Waals surface area contributed by atoms with Crippen LogP contribution in [0, 0.1) is 5.92 Å². The standard InChI is InChI=1S/C54H40N4.C48H34N4/c1-54(2)47-22-11-9-18-43(47)44-33-32-41(34-48(44)54)37-26-30-40(31-27-37)52-55-51(39-16-7-4-8-17-39)56-53(57-52)58-49-23-12-10-19-45(49)46-21-13-20-42(50(46)58)38-28-24-36(25-29-38)35-14-5-3-6-15-35;1-48(2)41-25-11-9-21-37(41)38-28-27-35(30-42(38)48)46-49-45(32-17-7-4-8-18-32)50-47(51-46)52-43-26-12-10-22-39(43)40-24-14-23-36(44(40)52)34-20-13-19-33(29-34)31-15-5-3-6-16-31/h3-34,43,47H,1-2H3;3-30H,1-2H3. The van der Waals surface area contributed by atoms with E-state index in [9.17, 15) is 0 Å². The van der Waals surface area contributed by atoms with E-state index < -0.39 is 0 Å². The van der Waals surface area contributed by atoms with E-state index in [1.165, 1.54) is 66.8 Å². The van der Waals surface area contributed by atoms with Crippen molar-refractivity contribution in [2.45, 2.75) is 44.4 Å². The minimum absolute atomic E-state index is 0.0601. The SMILES string of the molecule is CC1(C)c2cc(-c3ccc(-c4nc(-c5ccccc5)nc(-n5c6ccccc6c6cccc(-c7ccc(-c8ccccc8)cc7)c65)n4)cc3)ccc2C2C=CC=CC21.CC1(C)c2ccccc2-c2ccc(-c3nc(-c4ccccc4)nc(-n4c5ccccc5c5cccc(-c6cccc(-c7ccccc7)c6)c54)n3)cc21. The van der Waals surface area contributed by atoms with Crippen molar-refractivity contribution in [2.75, 3.05) is 0 Å². The van der Waals surface area contributed by atoms with Crippen LogP contribution >= 0.6 is 0 Å². The summed E-state index contributed by atoms with van der Waals surface area (Å²) in [5.74, 6) is 4.63. The molecule has 0 spiro atoms. The van der Waals surface area contributed by atoms with Crippen LogP contribution in [0.2, 0.25) is 0 Å². The molecule has 4 aromatic heterocycles. The predicted molar refractivity (Wildman–Crippen MR) is 452 cm³/mol. The summed E-state index contributed by atoms with van der Waals surface area (Å²) in [6, 6.07) is 121. The van der Waals surface area contributed by atoms with Crippen molar-refractivity contribution >= 4 is 43.6 Å². The highest BCUT2D eigenvalue weighted by atomic mass is 15.2. The first-order valence-electron chi connectivity index (χ1n) is 37.9. The van der Waals surface area contributed by atoms with E-state index in [0.29, 0.717) is 47.0 Å². The summed E-state index contributed by atoms with van der Waals surface area (Å²) in [7, 11) is 0. The van der Waals surface area contributed by atoms with Crippen molar-refractivity contribution < 1.29 is 0 Å². The maximum atomic E-state index is 5.33. The quantitative estimate of drug-likeness (QED) is 0.128. The van der Waals surface area contributed by atoms with Gasteiger partial charge in [0.25, 0.3) is 0 Å². The van der Waals surface area contributed by atoms with E-state index in [1.54, 1.807) is 0 Å². The molecule has 110 heavy (non-hydrogen) atoms. The number of para-hydroxylation sites is 4. The van der Waals surface area contributed by atoms with Gasteiger partial charge in [0.1, 0.15) is 0 Å². The van der Waals surface area contributed by atoms with Crippen LogP contribution in [0.15, 0.2) is 364 Å². The lowest BCUT2D eigenvalue weighted by Gasteiger charge is -2.29. The summed E-state index contributed by atoms with van der Waals surface area (Å²) < 4.78 is 4.46. The number of allylic oxidation sites excluding steroid dienone is 4. The fraction of sp³-hybridized carbons (Fsp3) is 0.0784. The molecule has 0 saturated heterocycles. The van der Waals surface area contributed by atoms with Gasteiger partial charge in [-0.25, -0.2) is 9.97 Å². The topological polar surface area (TPSA) is 87.2 Å². The molecule has 14 aromatic carbocycles. The molecule has 8 heteroatoms. The molecule has 0 amide bonds. The van der Waals surface area contributed by atoms with E-state index in [2.05, 4.69) is 364 Å². The number of hydrogen-bond donors (Lipinski definition) is 0. The van der Waals surface area contributed by atoms with E-state index in [4.69, 9.17) is 29.9 Å². The summed E-state index contributed by atoms with van der Waals surface area (Å²) >= 11 is 0. The van der Waals surface area contributed by atoms with E-state index in [1.807, 2.05) is 36.4 Å². The Hall–Kier alpha value is -13.8. The van der Waals surface area contributed by atoms with Crippen LogP contribution in [0.5, 0.6) is 0 Å². The van der Waals surface area contributed by atoms with Crippen LogP contribution in [0.1, 0.15) is 55.9 Å². The van der Waals surface area contributed by atoms with Crippen molar-refractivity contribution in [3.8, 4) is 124 Å².